The van der Waals surface area contributed by atoms with E-state index in [2.05, 4.69) is 50.1 Å². The molecular formula is C17H25N5. The van der Waals surface area contributed by atoms with Gasteiger partial charge in [0.2, 0.25) is 0 Å². The van der Waals surface area contributed by atoms with Gasteiger partial charge in [-0.3, -0.25) is 9.88 Å². The van der Waals surface area contributed by atoms with Gasteiger partial charge < -0.3 is 9.88 Å². The SMILES string of the molecule is CNc1nccnc1CC1CCCN(Cc2cccn2C)C1. The molecule has 1 N–H and O–H groups in total. The molecule has 0 aromatic carbocycles. The summed E-state index contributed by atoms with van der Waals surface area (Å²) in [5, 5.41) is 3.15. The van der Waals surface area contributed by atoms with Gasteiger partial charge in [0, 0.05) is 51.5 Å². The van der Waals surface area contributed by atoms with Crippen LogP contribution in [-0.4, -0.2) is 39.6 Å². The third kappa shape index (κ3) is 3.47. The standard InChI is InChI=1S/C17H25N5/c1-18-17-16(19-7-8-20-17)11-14-5-3-10-22(12-14)13-15-6-4-9-21(15)2/h4,6-9,14H,3,5,10-13H2,1-2H3,(H,18,20). The first-order valence-corrected chi connectivity index (χ1v) is 8.06. The molecule has 1 unspecified atom stereocenters. The van der Waals surface area contributed by atoms with Gasteiger partial charge in [-0.05, 0) is 43.9 Å². The molecule has 1 aliphatic heterocycles. The molecule has 0 radical (unpaired) electrons. The highest BCUT2D eigenvalue weighted by molar-refractivity contribution is 5.38. The molecule has 2 aromatic rings. The van der Waals surface area contributed by atoms with Crippen molar-refractivity contribution < 1.29 is 0 Å². The fraction of sp³-hybridized carbons (Fsp3) is 0.529. The van der Waals surface area contributed by atoms with E-state index in [1.54, 1.807) is 12.4 Å². The number of hydrogen-bond acceptors (Lipinski definition) is 4. The van der Waals surface area contributed by atoms with Crippen LogP contribution < -0.4 is 5.32 Å². The van der Waals surface area contributed by atoms with Crippen LogP contribution in [0.5, 0.6) is 0 Å². The summed E-state index contributed by atoms with van der Waals surface area (Å²) in [6.45, 7) is 3.38. The number of likely N-dealkylation sites (tertiary alicyclic amines) is 1. The van der Waals surface area contributed by atoms with Gasteiger partial charge in [-0.25, -0.2) is 4.98 Å². The summed E-state index contributed by atoms with van der Waals surface area (Å²) < 4.78 is 2.21. The zero-order valence-corrected chi connectivity index (χ0v) is 13.5. The second-order valence-corrected chi connectivity index (χ2v) is 6.16. The van der Waals surface area contributed by atoms with Crippen LogP contribution in [0.3, 0.4) is 0 Å². The highest BCUT2D eigenvalue weighted by Gasteiger charge is 2.22. The summed E-state index contributed by atoms with van der Waals surface area (Å²) in [7, 11) is 4.03. The monoisotopic (exact) mass is 299 g/mol. The van der Waals surface area contributed by atoms with Crippen LogP contribution in [0.15, 0.2) is 30.7 Å². The molecule has 1 atom stereocenters. The lowest BCUT2D eigenvalue weighted by Crippen LogP contribution is -2.36. The lowest BCUT2D eigenvalue weighted by Gasteiger charge is -2.32. The van der Waals surface area contributed by atoms with Gasteiger partial charge in [0.05, 0.1) is 5.69 Å². The fourth-order valence-corrected chi connectivity index (χ4v) is 3.35. The van der Waals surface area contributed by atoms with Crippen molar-refractivity contribution in [2.24, 2.45) is 13.0 Å². The van der Waals surface area contributed by atoms with Crippen LogP contribution in [-0.2, 0) is 20.0 Å². The van der Waals surface area contributed by atoms with Crippen LogP contribution in [0.4, 0.5) is 5.82 Å². The largest absolute Gasteiger partial charge is 0.372 e. The molecular weight excluding hydrogens is 274 g/mol. The zero-order chi connectivity index (χ0) is 15.4. The van der Waals surface area contributed by atoms with E-state index in [0.29, 0.717) is 5.92 Å². The molecule has 0 bridgehead atoms. The molecule has 0 amide bonds. The Morgan fingerprint density at radius 2 is 2.18 bits per heavy atom. The summed E-state index contributed by atoms with van der Waals surface area (Å²) in [5.74, 6) is 1.58. The Hall–Kier alpha value is -1.88. The molecule has 22 heavy (non-hydrogen) atoms. The molecule has 5 nitrogen and oxygen atoms in total. The van der Waals surface area contributed by atoms with Crippen molar-refractivity contribution in [2.75, 3.05) is 25.5 Å². The first-order valence-electron chi connectivity index (χ1n) is 8.06. The van der Waals surface area contributed by atoms with E-state index < -0.39 is 0 Å². The molecule has 0 aliphatic carbocycles. The molecule has 3 heterocycles. The van der Waals surface area contributed by atoms with E-state index in [4.69, 9.17) is 0 Å². The Bertz CT molecular complexity index is 607. The number of piperidine rings is 1. The second-order valence-electron chi connectivity index (χ2n) is 6.16. The Morgan fingerprint density at radius 1 is 1.32 bits per heavy atom. The number of nitrogens with one attached hydrogen (secondary N) is 1. The minimum atomic E-state index is 0.665. The third-order valence-corrected chi connectivity index (χ3v) is 4.53. The fourth-order valence-electron chi connectivity index (χ4n) is 3.35. The topological polar surface area (TPSA) is 46.0 Å². The third-order valence-electron chi connectivity index (χ3n) is 4.53. The van der Waals surface area contributed by atoms with E-state index in [0.717, 1.165) is 31.0 Å². The molecule has 1 saturated heterocycles. The lowest BCUT2D eigenvalue weighted by atomic mass is 9.93. The maximum absolute atomic E-state index is 4.51. The molecule has 1 fully saturated rings. The summed E-state index contributed by atoms with van der Waals surface area (Å²) in [5.41, 5.74) is 2.48. The maximum atomic E-state index is 4.51. The predicted octanol–water partition coefficient (Wildman–Crippen LogP) is 2.31. The summed E-state index contributed by atoms with van der Waals surface area (Å²) >= 11 is 0. The van der Waals surface area contributed by atoms with Crippen LogP contribution in [0.1, 0.15) is 24.2 Å². The van der Waals surface area contributed by atoms with Crippen molar-refractivity contribution in [2.45, 2.75) is 25.8 Å². The molecule has 2 aromatic heterocycles. The number of nitrogens with zero attached hydrogens (tertiary/aromatic N) is 4. The second kappa shape index (κ2) is 6.92. The van der Waals surface area contributed by atoms with Crippen molar-refractivity contribution in [1.29, 1.82) is 0 Å². The zero-order valence-electron chi connectivity index (χ0n) is 13.5. The number of aryl methyl sites for hydroxylation is 1. The Kier molecular flexibility index (Phi) is 4.73. The number of anilines is 1. The van der Waals surface area contributed by atoms with Gasteiger partial charge >= 0.3 is 0 Å². The summed E-state index contributed by atoms with van der Waals surface area (Å²) in [6.07, 6.45) is 9.22. The van der Waals surface area contributed by atoms with Crippen molar-refractivity contribution in [3.05, 3.63) is 42.1 Å². The van der Waals surface area contributed by atoms with Crippen LogP contribution in [0.2, 0.25) is 0 Å². The highest BCUT2D eigenvalue weighted by atomic mass is 15.1. The van der Waals surface area contributed by atoms with Crippen LogP contribution in [0.25, 0.3) is 0 Å². The van der Waals surface area contributed by atoms with Crippen molar-refractivity contribution in [3.8, 4) is 0 Å². The average Bonchev–Trinajstić information content (AvgIpc) is 2.93. The normalized spacial score (nSPS) is 19.3. The Balaban J connectivity index is 1.62. The Labute approximate surface area is 132 Å². The first-order chi connectivity index (χ1) is 10.8. The smallest absolute Gasteiger partial charge is 0.147 e. The minimum Gasteiger partial charge on any atom is -0.372 e. The highest BCUT2D eigenvalue weighted by Crippen LogP contribution is 2.23. The van der Waals surface area contributed by atoms with Gasteiger partial charge in [0.15, 0.2) is 0 Å². The van der Waals surface area contributed by atoms with Gasteiger partial charge in [-0.15, -0.1) is 0 Å². The number of rotatable bonds is 5. The van der Waals surface area contributed by atoms with E-state index in [1.165, 1.54) is 25.1 Å². The van der Waals surface area contributed by atoms with Crippen molar-refractivity contribution in [1.82, 2.24) is 19.4 Å². The Morgan fingerprint density at radius 3 is 2.95 bits per heavy atom. The van der Waals surface area contributed by atoms with E-state index >= 15 is 0 Å². The van der Waals surface area contributed by atoms with Crippen LogP contribution >= 0.6 is 0 Å². The van der Waals surface area contributed by atoms with E-state index in [9.17, 15) is 0 Å². The maximum Gasteiger partial charge on any atom is 0.147 e. The van der Waals surface area contributed by atoms with Crippen LogP contribution in [0, 0.1) is 5.92 Å². The molecule has 1 aliphatic rings. The van der Waals surface area contributed by atoms with Crippen molar-refractivity contribution in [3.63, 3.8) is 0 Å². The van der Waals surface area contributed by atoms with Gasteiger partial charge in [-0.1, -0.05) is 0 Å². The quantitative estimate of drug-likeness (QED) is 0.920. The molecule has 0 saturated carbocycles. The van der Waals surface area contributed by atoms with Gasteiger partial charge in [0.25, 0.3) is 0 Å². The molecule has 5 heteroatoms. The van der Waals surface area contributed by atoms with Crippen molar-refractivity contribution >= 4 is 5.82 Å². The average molecular weight is 299 g/mol. The number of aromatic nitrogens is 3. The van der Waals surface area contributed by atoms with Gasteiger partial charge in [-0.2, -0.15) is 0 Å². The van der Waals surface area contributed by atoms with E-state index in [-0.39, 0.29) is 0 Å². The lowest BCUT2D eigenvalue weighted by molar-refractivity contribution is 0.163. The van der Waals surface area contributed by atoms with E-state index in [1.807, 2.05) is 7.05 Å². The number of hydrogen-bond donors (Lipinski definition) is 1. The molecule has 3 rings (SSSR count). The first kappa shape index (κ1) is 15.0. The summed E-state index contributed by atoms with van der Waals surface area (Å²) in [4.78, 5) is 11.4. The predicted molar refractivity (Wildman–Crippen MR) is 88.7 cm³/mol. The van der Waals surface area contributed by atoms with Gasteiger partial charge in [0.1, 0.15) is 5.82 Å². The molecule has 0 spiro atoms. The minimum absolute atomic E-state index is 0.665. The summed E-state index contributed by atoms with van der Waals surface area (Å²) in [6, 6.07) is 4.33. The molecule has 118 valence electrons.